The molecule has 0 atom stereocenters. The van der Waals surface area contributed by atoms with Gasteiger partial charge < -0.3 is 25.5 Å². The van der Waals surface area contributed by atoms with Crippen LogP contribution in [-0.2, 0) is 11.2 Å². The monoisotopic (exact) mass is 472 g/mol. The number of fused-ring (bicyclic) bond motifs is 3. The number of pyridine rings is 1. The molecule has 0 aliphatic carbocycles. The zero-order valence-electron chi connectivity index (χ0n) is 19.7. The highest BCUT2D eigenvalue weighted by Crippen LogP contribution is 2.30. The minimum atomic E-state index is -0.247. The molecule has 2 aromatic heterocycles. The van der Waals surface area contributed by atoms with Crippen LogP contribution < -0.4 is 15.4 Å². The molecule has 0 aliphatic rings. The Balaban J connectivity index is 1.33. The van der Waals surface area contributed by atoms with Gasteiger partial charge in [-0.15, -0.1) is 0 Å². The second-order valence-electron chi connectivity index (χ2n) is 8.09. The summed E-state index contributed by atoms with van der Waals surface area (Å²) in [6, 6.07) is 14.2. The maximum atomic E-state index is 12.8. The van der Waals surface area contributed by atoms with Crippen molar-refractivity contribution in [3.05, 3.63) is 71.6 Å². The van der Waals surface area contributed by atoms with Crippen molar-refractivity contribution in [2.45, 2.75) is 19.8 Å². The zero-order chi connectivity index (χ0) is 24.8. The first-order valence-corrected chi connectivity index (χ1v) is 11.5. The molecule has 2 aromatic carbocycles. The normalized spacial score (nSPS) is 11.3. The number of rotatable bonds is 9. The van der Waals surface area contributed by atoms with Gasteiger partial charge in [0.25, 0.3) is 5.91 Å². The van der Waals surface area contributed by atoms with Crippen LogP contribution in [0.25, 0.3) is 27.9 Å². The molecule has 8 nitrogen and oxygen atoms in total. The number of carbonyl (C=O) groups is 2. The summed E-state index contributed by atoms with van der Waals surface area (Å²) in [6.45, 7) is 2.84. The first kappa shape index (κ1) is 23.8. The van der Waals surface area contributed by atoms with Gasteiger partial charge in [0.1, 0.15) is 17.2 Å². The summed E-state index contributed by atoms with van der Waals surface area (Å²) >= 11 is 0. The molecule has 0 saturated heterocycles. The average molecular weight is 473 g/mol. The number of benzene rings is 2. The van der Waals surface area contributed by atoms with Gasteiger partial charge in [-0.3, -0.25) is 9.59 Å². The molecule has 4 N–H and O–H groups in total. The Bertz CT molecular complexity index is 1390. The summed E-state index contributed by atoms with van der Waals surface area (Å²) < 4.78 is 5.32. The quantitative estimate of drug-likeness (QED) is 0.217. The van der Waals surface area contributed by atoms with Crippen LogP contribution in [0.5, 0.6) is 11.5 Å². The molecule has 35 heavy (non-hydrogen) atoms. The fourth-order valence-electron chi connectivity index (χ4n) is 3.85. The summed E-state index contributed by atoms with van der Waals surface area (Å²) in [6.07, 6.45) is 4.38. The van der Waals surface area contributed by atoms with Crippen LogP contribution in [-0.4, -0.2) is 47.1 Å². The summed E-state index contributed by atoms with van der Waals surface area (Å²) in [7, 11) is 1.63. The molecule has 2 heterocycles. The number of aromatic nitrogens is 2. The summed E-state index contributed by atoms with van der Waals surface area (Å²) in [4.78, 5) is 32.7. The molecule has 180 valence electrons. The summed E-state index contributed by atoms with van der Waals surface area (Å²) in [5, 5.41) is 16.9. The lowest BCUT2D eigenvalue weighted by Gasteiger charge is -2.08. The zero-order valence-corrected chi connectivity index (χ0v) is 19.7. The van der Waals surface area contributed by atoms with E-state index in [-0.39, 0.29) is 17.6 Å². The fourth-order valence-corrected chi connectivity index (χ4v) is 3.85. The van der Waals surface area contributed by atoms with Crippen molar-refractivity contribution in [1.29, 1.82) is 0 Å². The molecule has 0 radical (unpaired) electrons. The molecule has 8 heteroatoms. The van der Waals surface area contributed by atoms with E-state index in [1.54, 1.807) is 37.5 Å². The number of hydrogen-bond acceptors (Lipinski definition) is 5. The first-order chi connectivity index (χ1) is 17.0. The van der Waals surface area contributed by atoms with E-state index in [0.29, 0.717) is 31.6 Å². The Morgan fingerprint density at radius 2 is 1.83 bits per heavy atom. The van der Waals surface area contributed by atoms with Gasteiger partial charge in [0.05, 0.1) is 23.8 Å². The Labute approximate surface area is 203 Å². The number of methoxy groups -OCH3 is 1. The van der Waals surface area contributed by atoms with E-state index in [0.717, 1.165) is 38.8 Å². The van der Waals surface area contributed by atoms with Crippen molar-refractivity contribution in [3.63, 3.8) is 0 Å². The number of aromatic hydroxyl groups is 1. The number of H-pyrrole nitrogens is 1. The molecule has 2 amide bonds. The number of hydrogen-bond donors (Lipinski definition) is 4. The van der Waals surface area contributed by atoms with Crippen molar-refractivity contribution in [2.75, 3.05) is 20.2 Å². The lowest BCUT2D eigenvalue weighted by atomic mass is 10.1. The van der Waals surface area contributed by atoms with E-state index < -0.39 is 0 Å². The molecule has 0 spiro atoms. The van der Waals surface area contributed by atoms with E-state index in [1.165, 1.54) is 6.08 Å². The number of aryl methyl sites for hydroxylation is 1. The predicted octanol–water partition coefficient (Wildman–Crippen LogP) is 3.94. The molecule has 4 rings (SSSR count). The third-order valence-corrected chi connectivity index (χ3v) is 5.70. The van der Waals surface area contributed by atoms with Gasteiger partial charge in [0, 0.05) is 36.0 Å². The fraction of sp³-hybridized carbons (Fsp3) is 0.222. The molecule has 0 bridgehead atoms. The summed E-state index contributed by atoms with van der Waals surface area (Å²) in [5.74, 6) is 0.468. The van der Waals surface area contributed by atoms with E-state index in [2.05, 4.69) is 20.6 Å². The number of nitrogens with one attached hydrogen (secondary N) is 3. The lowest BCUT2D eigenvalue weighted by molar-refractivity contribution is -0.116. The van der Waals surface area contributed by atoms with Crippen LogP contribution in [0.2, 0.25) is 0 Å². The van der Waals surface area contributed by atoms with E-state index in [1.807, 2.05) is 31.2 Å². The Hall–Kier alpha value is -4.33. The van der Waals surface area contributed by atoms with Gasteiger partial charge in [0.2, 0.25) is 5.91 Å². The van der Waals surface area contributed by atoms with Gasteiger partial charge in [-0.1, -0.05) is 19.1 Å². The first-order valence-electron chi connectivity index (χ1n) is 11.5. The Morgan fingerprint density at radius 3 is 2.57 bits per heavy atom. The highest BCUT2D eigenvalue weighted by atomic mass is 16.5. The maximum Gasteiger partial charge on any atom is 0.269 e. The van der Waals surface area contributed by atoms with Crippen molar-refractivity contribution >= 4 is 39.7 Å². The number of phenols is 1. The SMILES string of the molecule is CCc1nc(C(=O)NCCCNC(=O)/C=C/c2ccc(O)cc2)cc2c1[nH]c1cc(OC)ccc12. The number of ether oxygens (including phenoxy) is 1. The number of amides is 2. The van der Waals surface area contributed by atoms with E-state index in [9.17, 15) is 14.7 Å². The lowest BCUT2D eigenvalue weighted by Crippen LogP contribution is -2.29. The van der Waals surface area contributed by atoms with Crippen LogP contribution in [0.3, 0.4) is 0 Å². The number of nitrogens with zero attached hydrogens (tertiary/aromatic N) is 1. The molecular formula is C27H28N4O4. The Kier molecular flexibility index (Phi) is 7.30. The van der Waals surface area contributed by atoms with Crippen LogP contribution >= 0.6 is 0 Å². The van der Waals surface area contributed by atoms with Gasteiger partial charge in [0.15, 0.2) is 0 Å². The highest BCUT2D eigenvalue weighted by molar-refractivity contribution is 6.10. The van der Waals surface area contributed by atoms with Gasteiger partial charge in [-0.05, 0) is 54.8 Å². The van der Waals surface area contributed by atoms with Crippen molar-refractivity contribution in [3.8, 4) is 11.5 Å². The second kappa shape index (κ2) is 10.7. The van der Waals surface area contributed by atoms with Crippen molar-refractivity contribution in [2.24, 2.45) is 0 Å². The van der Waals surface area contributed by atoms with Crippen LogP contribution in [0.1, 0.15) is 35.1 Å². The van der Waals surface area contributed by atoms with Gasteiger partial charge in [-0.25, -0.2) is 4.98 Å². The van der Waals surface area contributed by atoms with Crippen molar-refractivity contribution in [1.82, 2.24) is 20.6 Å². The number of carbonyl (C=O) groups excluding carboxylic acids is 2. The van der Waals surface area contributed by atoms with Crippen LogP contribution in [0.15, 0.2) is 54.6 Å². The standard InChI is InChI=1S/C27H28N4O4/c1-3-22-26-21(20-11-10-19(35-2)15-23(20)31-26)16-24(30-22)27(34)29-14-4-13-28-25(33)12-7-17-5-8-18(32)9-6-17/h5-12,15-16,31-32H,3-4,13-14H2,1-2H3,(H,28,33)(H,29,34)/b12-7+. The average Bonchev–Trinajstić information content (AvgIpc) is 3.25. The van der Waals surface area contributed by atoms with Crippen molar-refractivity contribution < 1.29 is 19.4 Å². The maximum absolute atomic E-state index is 12.8. The van der Waals surface area contributed by atoms with E-state index >= 15 is 0 Å². The Morgan fingerprint density at radius 1 is 1.06 bits per heavy atom. The predicted molar refractivity (Wildman–Crippen MR) is 137 cm³/mol. The molecular weight excluding hydrogens is 444 g/mol. The molecule has 0 unspecified atom stereocenters. The minimum absolute atomic E-state index is 0.178. The van der Waals surface area contributed by atoms with Gasteiger partial charge in [-0.2, -0.15) is 0 Å². The number of phenolic OH excluding ortho intramolecular Hbond substituents is 1. The molecule has 0 fully saturated rings. The smallest absolute Gasteiger partial charge is 0.269 e. The summed E-state index contributed by atoms with van der Waals surface area (Å²) in [5.41, 5.74) is 3.87. The minimum Gasteiger partial charge on any atom is -0.508 e. The third kappa shape index (κ3) is 5.60. The third-order valence-electron chi connectivity index (χ3n) is 5.70. The largest absolute Gasteiger partial charge is 0.508 e. The van der Waals surface area contributed by atoms with Crippen LogP contribution in [0.4, 0.5) is 0 Å². The van der Waals surface area contributed by atoms with Crippen LogP contribution in [0, 0.1) is 0 Å². The second-order valence-corrected chi connectivity index (χ2v) is 8.09. The molecule has 4 aromatic rings. The topological polar surface area (TPSA) is 116 Å². The van der Waals surface area contributed by atoms with Gasteiger partial charge >= 0.3 is 0 Å². The molecule has 0 saturated carbocycles. The highest BCUT2D eigenvalue weighted by Gasteiger charge is 2.15. The molecule has 0 aliphatic heterocycles. The van der Waals surface area contributed by atoms with E-state index in [4.69, 9.17) is 4.74 Å². The number of aromatic amines is 1.